The molecule has 0 fully saturated rings. The number of halogens is 4. The van der Waals surface area contributed by atoms with E-state index in [0.29, 0.717) is 28.6 Å². The molecule has 0 aliphatic rings. The zero-order valence-electron chi connectivity index (χ0n) is 14.9. The second kappa shape index (κ2) is 9.45. The molecule has 0 bridgehead atoms. The summed E-state index contributed by atoms with van der Waals surface area (Å²) in [6.07, 6.45) is 0. The van der Waals surface area contributed by atoms with Crippen LogP contribution in [0.25, 0.3) is 0 Å². The molecular weight excluding hydrogens is 445 g/mol. The van der Waals surface area contributed by atoms with E-state index in [-0.39, 0.29) is 5.56 Å². The fraction of sp³-hybridized carbons (Fsp3) is 0.222. The van der Waals surface area contributed by atoms with Gasteiger partial charge in [0.15, 0.2) is 29.0 Å². The number of anilines is 1. The number of carbonyl (C=O) groups excluding carboxylic acids is 2. The Labute approximate surface area is 167 Å². The number of amides is 2. The zero-order valence-corrected chi connectivity index (χ0v) is 16.5. The molecular formula is C18H16BrF3N2O4. The predicted molar refractivity (Wildman–Crippen MR) is 99.1 cm³/mol. The molecule has 0 heterocycles. The lowest BCUT2D eigenvalue weighted by Gasteiger charge is -2.13. The molecule has 2 N–H and O–H groups in total. The highest BCUT2D eigenvalue weighted by Crippen LogP contribution is 2.36. The third-order valence-corrected chi connectivity index (χ3v) is 4.08. The van der Waals surface area contributed by atoms with Gasteiger partial charge in [0, 0.05) is 5.56 Å². The van der Waals surface area contributed by atoms with Crippen LogP contribution in [0.15, 0.2) is 28.7 Å². The Morgan fingerprint density at radius 3 is 2.50 bits per heavy atom. The fourth-order valence-electron chi connectivity index (χ4n) is 2.24. The van der Waals surface area contributed by atoms with Crippen LogP contribution in [-0.2, 0) is 4.79 Å². The number of nitrogens with one attached hydrogen (secondary N) is 2. The van der Waals surface area contributed by atoms with Gasteiger partial charge in [0.05, 0.1) is 30.4 Å². The van der Waals surface area contributed by atoms with Crippen molar-refractivity contribution in [2.75, 3.05) is 25.6 Å². The average Bonchev–Trinajstić information content (AvgIpc) is 2.66. The predicted octanol–water partition coefficient (Wildman–Crippen LogP) is 3.64. The van der Waals surface area contributed by atoms with Gasteiger partial charge in [-0.15, -0.1) is 0 Å². The number of ether oxygens (including phenoxy) is 2. The molecule has 28 heavy (non-hydrogen) atoms. The van der Waals surface area contributed by atoms with E-state index in [9.17, 15) is 22.8 Å². The minimum absolute atomic E-state index is 0.183. The minimum atomic E-state index is -1.70. The Kier molecular flexibility index (Phi) is 7.27. The Balaban J connectivity index is 2.06. The molecule has 0 spiro atoms. The third-order valence-electron chi connectivity index (χ3n) is 3.49. The van der Waals surface area contributed by atoms with Crippen LogP contribution in [-0.4, -0.2) is 32.1 Å². The Bertz CT molecular complexity index is 909. The van der Waals surface area contributed by atoms with Gasteiger partial charge in [-0.25, -0.2) is 13.2 Å². The molecule has 0 aromatic heterocycles. The van der Waals surface area contributed by atoms with Gasteiger partial charge >= 0.3 is 0 Å². The second-order valence-corrected chi connectivity index (χ2v) is 6.23. The van der Waals surface area contributed by atoms with E-state index in [4.69, 9.17) is 9.47 Å². The van der Waals surface area contributed by atoms with Gasteiger partial charge in [-0.3, -0.25) is 9.59 Å². The van der Waals surface area contributed by atoms with Gasteiger partial charge in [0.25, 0.3) is 5.91 Å². The molecule has 0 aliphatic carbocycles. The first-order chi connectivity index (χ1) is 13.3. The first-order valence-electron chi connectivity index (χ1n) is 8.00. The largest absolute Gasteiger partial charge is 0.492 e. The van der Waals surface area contributed by atoms with Crippen LogP contribution in [0.3, 0.4) is 0 Å². The van der Waals surface area contributed by atoms with E-state index < -0.39 is 41.5 Å². The van der Waals surface area contributed by atoms with E-state index in [1.54, 1.807) is 6.92 Å². The topological polar surface area (TPSA) is 76.7 Å². The molecule has 2 amide bonds. The van der Waals surface area contributed by atoms with Gasteiger partial charge in [-0.2, -0.15) is 0 Å². The van der Waals surface area contributed by atoms with Gasteiger partial charge in [-0.05, 0) is 47.1 Å². The van der Waals surface area contributed by atoms with Crippen molar-refractivity contribution in [3.63, 3.8) is 0 Å². The van der Waals surface area contributed by atoms with E-state index in [1.165, 1.54) is 19.2 Å². The maximum Gasteiger partial charge on any atom is 0.251 e. The van der Waals surface area contributed by atoms with Crippen molar-refractivity contribution in [1.29, 1.82) is 0 Å². The average molecular weight is 461 g/mol. The first-order valence-corrected chi connectivity index (χ1v) is 8.79. The molecule has 0 atom stereocenters. The van der Waals surface area contributed by atoms with Crippen LogP contribution in [0.2, 0.25) is 0 Å². The molecule has 2 aromatic rings. The number of hydrogen-bond donors (Lipinski definition) is 2. The summed E-state index contributed by atoms with van der Waals surface area (Å²) in [5.41, 5.74) is -0.355. The summed E-state index contributed by atoms with van der Waals surface area (Å²) in [6, 6.07) is 4.47. The third kappa shape index (κ3) is 4.94. The van der Waals surface area contributed by atoms with Crippen LogP contribution in [0.1, 0.15) is 17.3 Å². The quantitative estimate of drug-likeness (QED) is 0.618. The van der Waals surface area contributed by atoms with Crippen molar-refractivity contribution in [3.8, 4) is 11.5 Å². The summed E-state index contributed by atoms with van der Waals surface area (Å²) in [6.45, 7) is 1.59. The maximum atomic E-state index is 13.6. The summed E-state index contributed by atoms with van der Waals surface area (Å²) in [5, 5.41) is 4.40. The van der Waals surface area contributed by atoms with Gasteiger partial charge in [0.1, 0.15) is 0 Å². The lowest BCUT2D eigenvalue weighted by atomic mass is 10.2. The molecule has 0 saturated heterocycles. The number of hydrogen-bond acceptors (Lipinski definition) is 4. The number of benzene rings is 2. The number of carbonyl (C=O) groups is 2. The van der Waals surface area contributed by atoms with E-state index in [2.05, 4.69) is 26.6 Å². The van der Waals surface area contributed by atoms with E-state index in [0.717, 1.165) is 6.07 Å². The molecule has 2 aromatic carbocycles. The highest BCUT2D eigenvalue weighted by molar-refractivity contribution is 9.10. The smallest absolute Gasteiger partial charge is 0.251 e. The molecule has 10 heteroatoms. The zero-order chi connectivity index (χ0) is 20.8. The van der Waals surface area contributed by atoms with Crippen LogP contribution >= 0.6 is 15.9 Å². The van der Waals surface area contributed by atoms with Gasteiger partial charge < -0.3 is 20.1 Å². The molecule has 0 unspecified atom stereocenters. The minimum Gasteiger partial charge on any atom is -0.492 e. The highest BCUT2D eigenvalue weighted by Gasteiger charge is 2.18. The monoisotopic (exact) mass is 460 g/mol. The van der Waals surface area contributed by atoms with Crippen molar-refractivity contribution in [2.45, 2.75) is 6.92 Å². The van der Waals surface area contributed by atoms with E-state index >= 15 is 0 Å². The fourth-order valence-corrected chi connectivity index (χ4v) is 2.84. The molecule has 2 rings (SSSR count). The first kappa shape index (κ1) is 21.5. The van der Waals surface area contributed by atoms with Crippen molar-refractivity contribution in [2.24, 2.45) is 0 Å². The van der Waals surface area contributed by atoms with Gasteiger partial charge in [0.2, 0.25) is 5.91 Å². The summed E-state index contributed by atoms with van der Waals surface area (Å²) >= 11 is 3.27. The van der Waals surface area contributed by atoms with Crippen LogP contribution < -0.4 is 20.1 Å². The Hall–Kier alpha value is -2.75. The molecule has 150 valence electrons. The van der Waals surface area contributed by atoms with Crippen molar-refractivity contribution >= 4 is 33.4 Å². The summed E-state index contributed by atoms with van der Waals surface area (Å²) in [7, 11) is 1.45. The summed E-state index contributed by atoms with van der Waals surface area (Å²) in [5.74, 6) is -5.30. The van der Waals surface area contributed by atoms with Gasteiger partial charge in [-0.1, -0.05) is 0 Å². The Morgan fingerprint density at radius 2 is 1.86 bits per heavy atom. The van der Waals surface area contributed by atoms with E-state index in [1.807, 2.05) is 0 Å². The second-order valence-electron chi connectivity index (χ2n) is 5.38. The Morgan fingerprint density at radius 1 is 1.14 bits per heavy atom. The number of methoxy groups -OCH3 is 1. The van der Waals surface area contributed by atoms with Crippen molar-refractivity contribution in [3.05, 3.63) is 51.8 Å². The normalized spacial score (nSPS) is 10.4. The molecule has 0 saturated carbocycles. The maximum absolute atomic E-state index is 13.6. The SMILES string of the molecule is CCOc1cc(C(=O)NCC(=O)Nc2ccc(F)c(F)c2F)cc(Br)c1OC. The molecule has 0 radical (unpaired) electrons. The van der Waals surface area contributed by atoms with Crippen molar-refractivity contribution in [1.82, 2.24) is 5.32 Å². The lowest BCUT2D eigenvalue weighted by molar-refractivity contribution is -0.115. The summed E-state index contributed by atoms with van der Waals surface area (Å²) in [4.78, 5) is 24.2. The van der Waals surface area contributed by atoms with Crippen LogP contribution in [0.5, 0.6) is 11.5 Å². The molecule has 6 nitrogen and oxygen atoms in total. The van der Waals surface area contributed by atoms with Crippen LogP contribution in [0, 0.1) is 17.5 Å². The lowest BCUT2D eigenvalue weighted by Crippen LogP contribution is -2.33. The highest BCUT2D eigenvalue weighted by atomic mass is 79.9. The molecule has 0 aliphatic heterocycles. The standard InChI is InChI=1S/C18H16BrF3N2O4/c1-3-28-13-7-9(6-10(19)17(13)27-2)18(26)23-8-14(25)24-12-5-4-11(20)15(21)16(12)22/h4-7H,3,8H2,1-2H3,(H,23,26)(H,24,25). The van der Waals surface area contributed by atoms with Crippen molar-refractivity contribution < 1.29 is 32.2 Å². The number of rotatable bonds is 7. The summed E-state index contributed by atoms with van der Waals surface area (Å²) < 4.78 is 50.7. The van der Waals surface area contributed by atoms with Crippen LogP contribution in [0.4, 0.5) is 18.9 Å².